The van der Waals surface area contributed by atoms with Crippen LogP contribution in [0, 0.1) is 11.3 Å². The Balaban J connectivity index is 2.15. The molecule has 4 nitrogen and oxygen atoms in total. The predicted octanol–water partition coefficient (Wildman–Crippen LogP) is 2.35. The number of hydrogen-bond acceptors (Lipinski definition) is 5. The van der Waals surface area contributed by atoms with Crippen molar-refractivity contribution < 1.29 is 4.42 Å². The monoisotopic (exact) mass is 217 g/mol. The molecule has 0 aliphatic heterocycles. The van der Waals surface area contributed by atoms with Gasteiger partial charge in [-0.25, -0.2) is 0 Å². The Hall–Kier alpha value is -1.80. The molecule has 2 rings (SSSR count). The van der Waals surface area contributed by atoms with Crippen molar-refractivity contribution in [1.82, 2.24) is 10.2 Å². The van der Waals surface area contributed by atoms with Crippen molar-refractivity contribution in [3.05, 3.63) is 30.5 Å². The smallest absolute Gasteiger partial charge is 0.154 e. The highest BCUT2D eigenvalue weighted by Gasteiger charge is 2.03. The second-order valence-corrected chi connectivity index (χ2v) is 3.68. The first-order valence-corrected chi connectivity index (χ1v) is 5.26. The van der Waals surface area contributed by atoms with E-state index in [0.717, 1.165) is 5.03 Å². The zero-order valence-corrected chi connectivity index (χ0v) is 8.57. The average molecular weight is 217 g/mol. The van der Waals surface area contributed by atoms with Gasteiger partial charge in [-0.15, -0.1) is 10.2 Å². The van der Waals surface area contributed by atoms with Crippen LogP contribution in [-0.2, 0) is 0 Å². The molecule has 0 saturated carbocycles. The minimum Gasteiger partial charge on any atom is -0.463 e. The molecule has 0 atom stereocenters. The van der Waals surface area contributed by atoms with Gasteiger partial charge in [-0.05, 0) is 24.3 Å². The summed E-state index contributed by atoms with van der Waals surface area (Å²) in [7, 11) is 0. The van der Waals surface area contributed by atoms with E-state index in [4.69, 9.17) is 9.68 Å². The number of nitrogens with zero attached hydrogens (tertiary/aromatic N) is 3. The summed E-state index contributed by atoms with van der Waals surface area (Å²) in [6.07, 6.45) is 1.59. The Morgan fingerprint density at radius 1 is 1.33 bits per heavy atom. The second-order valence-electron chi connectivity index (χ2n) is 2.68. The third-order valence-corrected chi connectivity index (χ3v) is 2.49. The fraction of sp³-hybridized carbons (Fsp3) is 0.100. The van der Waals surface area contributed by atoms with Gasteiger partial charge in [0.1, 0.15) is 10.7 Å². The van der Waals surface area contributed by atoms with Crippen LogP contribution in [0.25, 0.3) is 11.5 Å². The summed E-state index contributed by atoms with van der Waals surface area (Å²) in [4.78, 5) is 0. The summed E-state index contributed by atoms with van der Waals surface area (Å²) in [5.74, 6) is 1.08. The minimum absolute atomic E-state index is 0.384. The van der Waals surface area contributed by atoms with Gasteiger partial charge in [0.2, 0.25) is 0 Å². The quantitative estimate of drug-likeness (QED) is 0.738. The van der Waals surface area contributed by atoms with Crippen LogP contribution in [0.3, 0.4) is 0 Å². The van der Waals surface area contributed by atoms with Gasteiger partial charge in [-0.1, -0.05) is 11.8 Å². The summed E-state index contributed by atoms with van der Waals surface area (Å²) in [5, 5.41) is 17.1. The van der Waals surface area contributed by atoms with Crippen LogP contribution < -0.4 is 0 Å². The van der Waals surface area contributed by atoms with Crippen molar-refractivity contribution in [2.75, 3.05) is 5.75 Å². The van der Waals surface area contributed by atoms with Crippen molar-refractivity contribution in [3.63, 3.8) is 0 Å². The van der Waals surface area contributed by atoms with Gasteiger partial charge < -0.3 is 4.42 Å². The number of rotatable bonds is 3. The maximum Gasteiger partial charge on any atom is 0.154 e. The molecular formula is C10H7N3OS. The first-order valence-electron chi connectivity index (χ1n) is 4.27. The number of thioether (sulfide) groups is 1. The fourth-order valence-electron chi connectivity index (χ4n) is 1.06. The molecule has 0 spiro atoms. The third-order valence-electron chi connectivity index (χ3n) is 1.70. The summed E-state index contributed by atoms with van der Waals surface area (Å²) < 4.78 is 5.18. The lowest BCUT2D eigenvalue weighted by Gasteiger charge is -1.96. The highest BCUT2D eigenvalue weighted by molar-refractivity contribution is 7.99. The second kappa shape index (κ2) is 4.62. The standard InChI is InChI=1S/C10H7N3OS/c11-5-7-15-10-4-3-8(12-13-10)9-2-1-6-14-9/h1-4,6H,7H2. The average Bonchev–Trinajstić information content (AvgIpc) is 2.80. The highest BCUT2D eigenvalue weighted by Crippen LogP contribution is 2.19. The van der Waals surface area contributed by atoms with Crippen LogP contribution in [0.5, 0.6) is 0 Å². The lowest BCUT2D eigenvalue weighted by atomic mass is 10.3. The fourth-order valence-corrected chi connectivity index (χ4v) is 1.53. The molecule has 0 aliphatic rings. The van der Waals surface area contributed by atoms with Crippen LogP contribution in [0.2, 0.25) is 0 Å². The first kappa shape index (κ1) is 9.74. The van der Waals surface area contributed by atoms with Crippen molar-refractivity contribution in [1.29, 1.82) is 5.26 Å². The lowest BCUT2D eigenvalue weighted by Crippen LogP contribution is -1.88. The first-order chi connectivity index (χ1) is 7.40. The molecule has 0 fully saturated rings. The number of aromatic nitrogens is 2. The molecule has 0 N–H and O–H groups in total. The van der Waals surface area contributed by atoms with Crippen molar-refractivity contribution in [2.45, 2.75) is 5.03 Å². The van der Waals surface area contributed by atoms with Crippen LogP contribution in [0.15, 0.2) is 40.0 Å². The zero-order valence-electron chi connectivity index (χ0n) is 7.75. The van der Waals surface area contributed by atoms with E-state index < -0.39 is 0 Å². The third kappa shape index (κ3) is 2.36. The molecule has 2 aromatic heterocycles. The summed E-state index contributed by atoms with van der Waals surface area (Å²) >= 11 is 1.36. The Labute approximate surface area is 90.9 Å². The largest absolute Gasteiger partial charge is 0.463 e. The summed E-state index contributed by atoms with van der Waals surface area (Å²) in [6.45, 7) is 0. The van der Waals surface area contributed by atoms with E-state index in [1.807, 2.05) is 24.3 Å². The van der Waals surface area contributed by atoms with Gasteiger partial charge >= 0.3 is 0 Å². The van der Waals surface area contributed by atoms with Gasteiger partial charge in [-0.3, -0.25) is 0 Å². The Morgan fingerprint density at radius 2 is 2.27 bits per heavy atom. The SMILES string of the molecule is N#CCSc1ccc(-c2ccco2)nn1. The Bertz CT molecular complexity index is 458. The van der Waals surface area contributed by atoms with E-state index in [2.05, 4.69) is 10.2 Å². The summed E-state index contributed by atoms with van der Waals surface area (Å²) in [5.41, 5.74) is 0.696. The molecule has 15 heavy (non-hydrogen) atoms. The molecule has 0 amide bonds. The van der Waals surface area contributed by atoms with Gasteiger partial charge in [0.05, 0.1) is 18.1 Å². The van der Waals surface area contributed by atoms with Gasteiger partial charge in [0.25, 0.3) is 0 Å². The van der Waals surface area contributed by atoms with E-state index in [9.17, 15) is 0 Å². The number of nitriles is 1. The van der Waals surface area contributed by atoms with Crippen molar-refractivity contribution >= 4 is 11.8 Å². The van der Waals surface area contributed by atoms with Crippen LogP contribution in [-0.4, -0.2) is 16.0 Å². The molecular weight excluding hydrogens is 210 g/mol. The van der Waals surface area contributed by atoms with Crippen LogP contribution >= 0.6 is 11.8 Å². The molecule has 2 heterocycles. The van der Waals surface area contributed by atoms with E-state index in [1.165, 1.54) is 11.8 Å². The normalized spacial score (nSPS) is 9.80. The number of hydrogen-bond donors (Lipinski definition) is 0. The molecule has 0 aromatic carbocycles. The number of furan rings is 1. The van der Waals surface area contributed by atoms with Crippen LogP contribution in [0.4, 0.5) is 0 Å². The predicted molar refractivity (Wildman–Crippen MR) is 56.1 cm³/mol. The van der Waals surface area contributed by atoms with E-state index in [-0.39, 0.29) is 0 Å². The van der Waals surface area contributed by atoms with E-state index in [1.54, 1.807) is 12.3 Å². The Morgan fingerprint density at radius 3 is 2.87 bits per heavy atom. The van der Waals surface area contributed by atoms with E-state index in [0.29, 0.717) is 17.2 Å². The molecule has 0 bridgehead atoms. The molecule has 0 unspecified atom stereocenters. The summed E-state index contributed by atoms with van der Waals surface area (Å²) in [6, 6.07) is 9.31. The highest BCUT2D eigenvalue weighted by atomic mass is 32.2. The maximum absolute atomic E-state index is 8.40. The molecule has 74 valence electrons. The topological polar surface area (TPSA) is 62.7 Å². The molecule has 2 aromatic rings. The van der Waals surface area contributed by atoms with Gasteiger partial charge in [0.15, 0.2) is 5.76 Å². The van der Waals surface area contributed by atoms with E-state index >= 15 is 0 Å². The molecule has 0 aliphatic carbocycles. The van der Waals surface area contributed by atoms with Crippen LogP contribution in [0.1, 0.15) is 0 Å². The van der Waals surface area contributed by atoms with Crippen molar-refractivity contribution in [2.24, 2.45) is 0 Å². The lowest BCUT2D eigenvalue weighted by molar-refractivity contribution is 0.578. The van der Waals surface area contributed by atoms with Gasteiger partial charge in [-0.2, -0.15) is 5.26 Å². The molecule has 0 saturated heterocycles. The Kier molecular flexibility index (Phi) is 3.00. The molecule has 5 heteroatoms. The maximum atomic E-state index is 8.40. The van der Waals surface area contributed by atoms with Crippen molar-refractivity contribution in [3.8, 4) is 17.5 Å². The van der Waals surface area contributed by atoms with Gasteiger partial charge in [0, 0.05) is 0 Å². The molecule has 0 radical (unpaired) electrons. The minimum atomic E-state index is 0.384. The zero-order chi connectivity index (χ0) is 10.5.